The summed E-state index contributed by atoms with van der Waals surface area (Å²) in [4.78, 5) is 29.9. The summed E-state index contributed by atoms with van der Waals surface area (Å²) in [5.74, 6) is 0.252. The second-order valence-electron chi connectivity index (χ2n) is 8.86. The van der Waals surface area contributed by atoms with Crippen LogP contribution in [0, 0.1) is 5.41 Å². The first-order chi connectivity index (χ1) is 14.2. The van der Waals surface area contributed by atoms with Gasteiger partial charge in [0.2, 0.25) is 5.91 Å². The molecule has 0 spiro atoms. The Hall–Kier alpha value is -1.92. The lowest BCUT2D eigenvalue weighted by Gasteiger charge is -2.39. The highest BCUT2D eigenvalue weighted by atomic mass is 16.5. The lowest BCUT2D eigenvalue weighted by atomic mass is 9.71. The zero-order chi connectivity index (χ0) is 20.1. The molecule has 2 heterocycles. The zero-order valence-corrected chi connectivity index (χ0v) is 17.3. The van der Waals surface area contributed by atoms with Gasteiger partial charge >= 0.3 is 0 Å². The van der Waals surface area contributed by atoms with Crippen LogP contribution in [-0.4, -0.2) is 67.6 Å². The molecular weight excluding hydrogens is 366 g/mol. The van der Waals surface area contributed by atoms with Crippen molar-refractivity contribution < 1.29 is 14.3 Å². The fourth-order valence-corrected chi connectivity index (χ4v) is 5.12. The summed E-state index contributed by atoms with van der Waals surface area (Å²) >= 11 is 0. The van der Waals surface area contributed by atoms with Gasteiger partial charge in [-0.3, -0.25) is 14.5 Å². The molecule has 1 saturated carbocycles. The Kier molecular flexibility index (Phi) is 6.50. The Morgan fingerprint density at radius 3 is 2.62 bits per heavy atom. The minimum Gasteiger partial charge on any atom is -0.379 e. The molecule has 4 rings (SSSR count). The first-order valence-corrected chi connectivity index (χ1v) is 11.1. The van der Waals surface area contributed by atoms with E-state index in [9.17, 15) is 9.59 Å². The number of hydrogen-bond donors (Lipinski definition) is 1. The molecule has 1 aromatic rings. The van der Waals surface area contributed by atoms with Gasteiger partial charge < -0.3 is 15.0 Å². The molecule has 1 aromatic carbocycles. The van der Waals surface area contributed by atoms with E-state index in [1.165, 1.54) is 6.42 Å². The number of hydrogen-bond acceptors (Lipinski definition) is 4. The van der Waals surface area contributed by atoms with Gasteiger partial charge in [-0.05, 0) is 29.9 Å². The minimum atomic E-state index is -0.0843. The third kappa shape index (κ3) is 4.98. The predicted molar refractivity (Wildman–Crippen MR) is 112 cm³/mol. The monoisotopic (exact) mass is 399 g/mol. The molecule has 0 unspecified atom stereocenters. The van der Waals surface area contributed by atoms with Crippen molar-refractivity contribution in [2.75, 3.05) is 45.9 Å². The number of morpholine rings is 1. The van der Waals surface area contributed by atoms with Crippen molar-refractivity contribution in [1.82, 2.24) is 15.1 Å². The van der Waals surface area contributed by atoms with Gasteiger partial charge in [0, 0.05) is 51.3 Å². The molecule has 2 aliphatic heterocycles. The van der Waals surface area contributed by atoms with Crippen LogP contribution >= 0.6 is 0 Å². The number of fused-ring (bicyclic) bond motifs is 1. The molecule has 0 radical (unpaired) electrons. The van der Waals surface area contributed by atoms with E-state index in [0.717, 1.165) is 69.7 Å². The molecule has 3 aliphatic rings. The van der Waals surface area contributed by atoms with Gasteiger partial charge in [0.15, 0.2) is 0 Å². The summed E-state index contributed by atoms with van der Waals surface area (Å²) in [6.07, 6.45) is 6.12. The zero-order valence-electron chi connectivity index (χ0n) is 17.3. The standard InChI is InChI=1S/C23H33N3O3/c27-21(24-10-11-25-12-14-29-15-13-25)16-23(8-4-1-5-9-23)18-26-17-19-6-2-3-7-20(19)22(26)28/h2-3,6-7H,1,4-5,8-18H2,(H,24,27). The van der Waals surface area contributed by atoms with E-state index >= 15 is 0 Å². The van der Waals surface area contributed by atoms with E-state index in [2.05, 4.69) is 10.2 Å². The van der Waals surface area contributed by atoms with Crippen LogP contribution in [0.15, 0.2) is 24.3 Å². The average Bonchev–Trinajstić information content (AvgIpc) is 3.05. The van der Waals surface area contributed by atoms with Crippen LogP contribution in [0.3, 0.4) is 0 Å². The molecule has 0 bridgehead atoms. The second kappa shape index (κ2) is 9.26. The number of nitrogens with zero attached hydrogens (tertiary/aromatic N) is 2. The third-order valence-corrected chi connectivity index (χ3v) is 6.73. The molecule has 6 heteroatoms. The smallest absolute Gasteiger partial charge is 0.254 e. The summed E-state index contributed by atoms with van der Waals surface area (Å²) in [5, 5.41) is 3.13. The topological polar surface area (TPSA) is 61.9 Å². The maximum absolute atomic E-state index is 12.9. The van der Waals surface area contributed by atoms with Gasteiger partial charge in [-0.15, -0.1) is 0 Å². The normalized spacial score (nSPS) is 21.8. The van der Waals surface area contributed by atoms with E-state index in [1.807, 2.05) is 29.2 Å². The van der Waals surface area contributed by atoms with Crippen molar-refractivity contribution in [3.8, 4) is 0 Å². The van der Waals surface area contributed by atoms with Crippen molar-refractivity contribution in [3.63, 3.8) is 0 Å². The van der Waals surface area contributed by atoms with Crippen LogP contribution in [0.4, 0.5) is 0 Å². The van der Waals surface area contributed by atoms with Crippen molar-refractivity contribution in [1.29, 1.82) is 0 Å². The number of carbonyl (C=O) groups excluding carboxylic acids is 2. The molecule has 6 nitrogen and oxygen atoms in total. The summed E-state index contributed by atoms with van der Waals surface area (Å²) in [6, 6.07) is 7.88. The van der Waals surface area contributed by atoms with Gasteiger partial charge in [-0.2, -0.15) is 0 Å². The largest absolute Gasteiger partial charge is 0.379 e. The molecule has 0 atom stereocenters. The fourth-order valence-electron chi connectivity index (χ4n) is 5.12. The highest BCUT2D eigenvalue weighted by Gasteiger charge is 2.39. The molecule has 1 N–H and O–H groups in total. The number of carbonyl (C=O) groups is 2. The van der Waals surface area contributed by atoms with Crippen LogP contribution in [-0.2, 0) is 16.1 Å². The van der Waals surface area contributed by atoms with Gasteiger partial charge in [0.25, 0.3) is 5.91 Å². The Labute approximate surface area is 173 Å². The fraction of sp³-hybridized carbons (Fsp3) is 0.652. The summed E-state index contributed by atoms with van der Waals surface area (Å²) in [7, 11) is 0. The van der Waals surface area contributed by atoms with Crippen molar-refractivity contribution >= 4 is 11.8 Å². The molecule has 158 valence electrons. The quantitative estimate of drug-likeness (QED) is 0.765. The maximum Gasteiger partial charge on any atom is 0.254 e. The summed E-state index contributed by atoms with van der Waals surface area (Å²) in [5.41, 5.74) is 1.85. The van der Waals surface area contributed by atoms with Gasteiger partial charge in [0.05, 0.1) is 13.2 Å². The number of nitrogens with one attached hydrogen (secondary N) is 1. The van der Waals surface area contributed by atoms with E-state index in [4.69, 9.17) is 4.74 Å². The summed E-state index contributed by atoms with van der Waals surface area (Å²) in [6.45, 7) is 6.37. The van der Waals surface area contributed by atoms with Gasteiger partial charge in [-0.25, -0.2) is 0 Å². The first kappa shape index (κ1) is 20.4. The molecule has 0 aromatic heterocycles. The van der Waals surface area contributed by atoms with Crippen LogP contribution in [0.25, 0.3) is 0 Å². The van der Waals surface area contributed by atoms with Crippen molar-refractivity contribution in [2.24, 2.45) is 5.41 Å². The van der Waals surface area contributed by atoms with E-state index in [1.54, 1.807) is 0 Å². The third-order valence-electron chi connectivity index (χ3n) is 6.73. The Morgan fingerprint density at radius 1 is 1.10 bits per heavy atom. The highest BCUT2D eigenvalue weighted by Crippen LogP contribution is 2.41. The Bertz CT molecular complexity index is 724. The number of amides is 2. The average molecular weight is 400 g/mol. The Morgan fingerprint density at radius 2 is 1.86 bits per heavy atom. The Balaban J connectivity index is 1.33. The second-order valence-corrected chi connectivity index (χ2v) is 8.86. The van der Waals surface area contributed by atoms with Crippen LogP contribution in [0.2, 0.25) is 0 Å². The van der Waals surface area contributed by atoms with Crippen molar-refractivity contribution in [3.05, 3.63) is 35.4 Å². The SMILES string of the molecule is O=C(CC1(CN2Cc3ccccc3C2=O)CCCCC1)NCCN1CCOCC1. The van der Waals surface area contributed by atoms with Crippen LogP contribution in [0.5, 0.6) is 0 Å². The molecule has 29 heavy (non-hydrogen) atoms. The van der Waals surface area contributed by atoms with E-state index in [0.29, 0.717) is 26.1 Å². The molecule has 1 saturated heterocycles. The first-order valence-electron chi connectivity index (χ1n) is 11.1. The number of benzene rings is 1. The van der Waals surface area contributed by atoms with E-state index in [-0.39, 0.29) is 17.2 Å². The lowest BCUT2D eigenvalue weighted by Crippen LogP contribution is -2.44. The molecule has 2 amide bonds. The summed E-state index contributed by atoms with van der Waals surface area (Å²) < 4.78 is 5.37. The lowest BCUT2D eigenvalue weighted by molar-refractivity contribution is -0.124. The van der Waals surface area contributed by atoms with Crippen molar-refractivity contribution in [2.45, 2.75) is 45.1 Å². The van der Waals surface area contributed by atoms with Gasteiger partial charge in [0.1, 0.15) is 0 Å². The maximum atomic E-state index is 12.9. The van der Waals surface area contributed by atoms with Crippen LogP contribution < -0.4 is 5.32 Å². The van der Waals surface area contributed by atoms with Gasteiger partial charge in [-0.1, -0.05) is 37.5 Å². The number of ether oxygens (including phenoxy) is 1. The molecule has 2 fully saturated rings. The number of rotatable bonds is 7. The minimum absolute atomic E-state index is 0.0843. The molecule has 1 aliphatic carbocycles. The highest BCUT2D eigenvalue weighted by molar-refractivity contribution is 5.98. The molecular formula is C23H33N3O3. The predicted octanol–water partition coefficient (Wildman–Crippen LogP) is 2.43. The van der Waals surface area contributed by atoms with E-state index < -0.39 is 0 Å². The van der Waals surface area contributed by atoms with Crippen LogP contribution in [0.1, 0.15) is 54.4 Å².